The van der Waals surface area contributed by atoms with E-state index < -0.39 is 5.82 Å². The molecule has 0 N–H and O–H groups in total. The number of nitrogens with zero attached hydrogens (tertiary/aromatic N) is 1. The van der Waals surface area contributed by atoms with Crippen molar-refractivity contribution in [2.75, 3.05) is 18.0 Å². The SMILES string of the molecule is CCC(C)CN(CC)c1cccc(F)c1C=O. The highest BCUT2D eigenvalue weighted by atomic mass is 19.1. The molecule has 0 aliphatic heterocycles. The molecule has 3 heteroatoms. The van der Waals surface area contributed by atoms with Crippen molar-refractivity contribution < 1.29 is 9.18 Å². The fourth-order valence-corrected chi connectivity index (χ4v) is 1.82. The summed E-state index contributed by atoms with van der Waals surface area (Å²) in [7, 11) is 0. The van der Waals surface area contributed by atoms with Crippen LogP contribution in [0.25, 0.3) is 0 Å². The van der Waals surface area contributed by atoms with Crippen LogP contribution in [-0.2, 0) is 0 Å². The zero-order chi connectivity index (χ0) is 12.8. The summed E-state index contributed by atoms with van der Waals surface area (Å²) < 4.78 is 13.5. The molecule has 2 nitrogen and oxygen atoms in total. The monoisotopic (exact) mass is 237 g/mol. The average Bonchev–Trinajstić information content (AvgIpc) is 2.35. The molecule has 0 saturated heterocycles. The number of hydrogen-bond donors (Lipinski definition) is 0. The molecule has 94 valence electrons. The van der Waals surface area contributed by atoms with Crippen LogP contribution in [0.2, 0.25) is 0 Å². The molecule has 0 aromatic heterocycles. The molecule has 0 saturated carbocycles. The molecule has 1 unspecified atom stereocenters. The lowest BCUT2D eigenvalue weighted by molar-refractivity contribution is 0.112. The van der Waals surface area contributed by atoms with Gasteiger partial charge in [-0.05, 0) is 25.0 Å². The van der Waals surface area contributed by atoms with E-state index in [1.165, 1.54) is 6.07 Å². The van der Waals surface area contributed by atoms with E-state index in [-0.39, 0.29) is 5.56 Å². The van der Waals surface area contributed by atoms with Gasteiger partial charge >= 0.3 is 0 Å². The Morgan fingerprint density at radius 1 is 1.41 bits per heavy atom. The number of hydrogen-bond acceptors (Lipinski definition) is 2. The summed E-state index contributed by atoms with van der Waals surface area (Å²) in [5.74, 6) is 0.0813. The Bertz CT molecular complexity index is 378. The third-order valence-electron chi connectivity index (χ3n) is 3.10. The van der Waals surface area contributed by atoms with Gasteiger partial charge in [-0.25, -0.2) is 4.39 Å². The fourth-order valence-electron chi connectivity index (χ4n) is 1.82. The predicted octanol–water partition coefficient (Wildman–Crippen LogP) is 3.51. The molecule has 1 atom stereocenters. The van der Waals surface area contributed by atoms with Crippen LogP contribution in [0, 0.1) is 11.7 Å². The minimum atomic E-state index is -0.444. The van der Waals surface area contributed by atoms with Crippen molar-refractivity contribution in [1.82, 2.24) is 0 Å². The lowest BCUT2D eigenvalue weighted by Crippen LogP contribution is -2.29. The summed E-state index contributed by atoms with van der Waals surface area (Å²) >= 11 is 0. The summed E-state index contributed by atoms with van der Waals surface area (Å²) in [5.41, 5.74) is 0.862. The van der Waals surface area contributed by atoms with Crippen LogP contribution in [0.4, 0.5) is 10.1 Å². The van der Waals surface area contributed by atoms with E-state index in [0.29, 0.717) is 17.9 Å². The van der Waals surface area contributed by atoms with Gasteiger partial charge < -0.3 is 4.90 Å². The minimum Gasteiger partial charge on any atom is -0.371 e. The molecule has 0 spiro atoms. The van der Waals surface area contributed by atoms with E-state index in [1.807, 2.05) is 6.92 Å². The van der Waals surface area contributed by atoms with Gasteiger partial charge in [-0.2, -0.15) is 0 Å². The second-order valence-corrected chi connectivity index (χ2v) is 4.34. The van der Waals surface area contributed by atoms with Crippen molar-refractivity contribution >= 4 is 12.0 Å². The van der Waals surface area contributed by atoms with Crippen molar-refractivity contribution in [3.63, 3.8) is 0 Å². The van der Waals surface area contributed by atoms with Gasteiger partial charge in [-0.3, -0.25) is 4.79 Å². The Balaban J connectivity index is 3.03. The van der Waals surface area contributed by atoms with Gasteiger partial charge in [0.1, 0.15) is 5.82 Å². The van der Waals surface area contributed by atoms with E-state index in [9.17, 15) is 9.18 Å². The zero-order valence-electron chi connectivity index (χ0n) is 10.7. The second kappa shape index (κ2) is 6.38. The number of rotatable bonds is 6. The lowest BCUT2D eigenvalue weighted by Gasteiger charge is -2.27. The van der Waals surface area contributed by atoms with Gasteiger partial charge in [-0.15, -0.1) is 0 Å². The predicted molar refractivity (Wildman–Crippen MR) is 69.1 cm³/mol. The molecule has 0 fully saturated rings. The Morgan fingerprint density at radius 3 is 2.65 bits per heavy atom. The highest BCUT2D eigenvalue weighted by Crippen LogP contribution is 2.22. The first-order chi connectivity index (χ1) is 8.13. The van der Waals surface area contributed by atoms with E-state index in [1.54, 1.807) is 12.1 Å². The molecule has 0 radical (unpaired) electrons. The molecule has 0 aliphatic rings. The molecule has 17 heavy (non-hydrogen) atoms. The average molecular weight is 237 g/mol. The molecule has 0 aliphatic carbocycles. The maximum Gasteiger partial charge on any atom is 0.155 e. The maximum atomic E-state index is 13.5. The first-order valence-electron chi connectivity index (χ1n) is 6.12. The lowest BCUT2D eigenvalue weighted by atomic mass is 10.1. The van der Waals surface area contributed by atoms with Gasteiger partial charge in [0.25, 0.3) is 0 Å². The Morgan fingerprint density at radius 2 is 2.12 bits per heavy atom. The highest BCUT2D eigenvalue weighted by Gasteiger charge is 2.14. The first-order valence-corrected chi connectivity index (χ1v) is 6.12. The Kier molecular flexibility index (Phi) is 5.13. The molecule has 0 heterocycles. The Hall–Kier alpha value is -1.38. The summed E-state index contributed by atoms with van der Waals surface area (Å²) in [4.78, 5) is 13.0. The minimum absolute atomic E-state index is 0.164. The highest BCUT2D eigenvalue weighted by molar-refractivity contribution is 5.85. The van der Waals surface area contributed by atoms with Crippen molar-refractivity contribution in [2.45, 2.75) is 27.2 Å². The topological polar surface area (TPSA) is 20.3 Å². The van der Waals surface area contributed by atoms with E-state index >= 15 is 0 Å². The van der Waals surface area contributed by atoms with Crippen LogP contribution >= 0.6 is 0 Å². The van der Waals surface area contributed by atoms with Gasteiger partial charge in [0.05, 0.1) is 11.3 Å². The smallest absolute Gasteiger partial charge is 0.155 e. The number of aldehydes is 1. The van der Waals surface area contributed by atoms with Gasteiger partial charge in [-0.1, -0.05) is 26.3 Å². The molecular weight excluding hydrogens is 217 g/mol. The van der Waals surface area contributed by atoms with Crippen LogP contribution in [-0.4, -0.2) is 19.4 Å². The summed E-state index contributed by atoms with van der Waals surface area (Å²) in [6.07, 6.45) is 1.67. The van der Waals surface area contributed by atoms with Gasteiger partial charge in [0.2, 0.25) is 0 Å². The normalized spacial score (nSPS) is 12.2. The van der Waals surface area contributed by atoms with E-state index in [2.05, 4.69) is 18.7 Å². The third kappa shape index (κ3) is 3.29. The Labute approximate surface area is 102 Å². The molecule has 1 rings (SSSR count). The van der Waals surface area contributed by atoms with Crippen LogP contribution in [0.1, 0.15) is 37.6 Å². The largest absolute Gasteiger partial charge is 0.371 e. The number of anilines is 1. The van der Waals surface area contributed by atoms with Crippen molar-refractivity contribution in [2.24, 2.45) is 5.92 Å². The zero-order valence-corrected chi connectivity index (χ0v) is 10.7. The van der Waals surface area contributed by atoms with Gasteiger partial charge in [0.15, 0.2) is 6.29 Å². The molecule has 0 amide bonds. The van der Waals surface area contributed by atoms with Crippen LogP contribution in [0.15, 0.2) is 18.2 Å². The molecule has 1 aromatic rings. The maximum absolute atomic E-state index is 13.5. The fraction of sp³-hybridized carbons (Fsp3) is 0.500. The number of carbonyl (C=O) groups excluding carboxylic acids is 1. The van der Waals surface area contributed by atoms with Crippen molar-refractivity contribution in [1.29, 1.82) is 0 Å². The molecule has 0 bridgehead atoms. The van der Waals surface area contributed by atoms with Crippen LogP contribution in [0.5, 0.6) is 0 Å². The van der Waals surface area contributed by atoms with Crippen LogP contribution in [0.3, 0.4) is 0 Å². The van der Waals surface area contributed by atoms with Gasteiger partial charge in [0, 0.05) is 13.1 Å². The quantitative estimate of drug-likeness (QED) is 0.706. The summed E-state index contributed by atoms with van der Waals surface area (Å²) in [6, 6.07) is 4.78. The standard InChI is InChI=1S/C14H20FNO/c1-4-11(3)9-16(5-2)14-8-6-7-13(15)12(14)10-17/h6-8,10-11H,4-5,9H2,1-3H3. The van der Waals surface area contributed by atoms with Crippen molar-refractivity contribution in [3.8, 4) is 0 Å². The van der Waals surface area contributed by atoms with Crippen molar-refractivity contribution in [3.05, 3.63) is 29.6 Å². The van der Waals surface area contributed by atoms with E-state index in [4.69, 9.17) is 0 Å². The van der Waals surface area contributed by atoms with E-state index in [0.717, 1.165) is 19.5 Å². The summed E-state index contributed by atoms with van der Waals surface area (Å²) in [6.45, 7) is 7.92. The summed E-state index contributed by atoms with van der Waals surface area (Å²) in [5, 5.41) is 0. The molecular formula is C14H20FNO. The first kappa shape index (κ1) is 13.7. The number of benzene rings is 1. The third-order valence-corrected chi connectivity index (χ3v) is 3.10. The van der Waals surface area contributed by atoms with Crippen LogP contribution < -0.4 is 4.90 Å². The number of carbonyl (C=O) groups is 1. The number of halogens is 1. The second-order valence-electron chi connectivity index (χ2n) is 4.34. The molecule has 1 aromatic carbocycles.